The summed E-state index contributed by atoms with van der Waals surface area (Å²) in [5.74, 6) is -0.337. The summed E-state index contributed by atoms with van der Waals surface area (Å²) in [7, 11) is 0. The Morgan fingerprint density at radius 3 is 2.20 bits per heavy atom. The van der Waals surface area contributed by atoms with E-state index >= 15 is 0 Å². The quantitative estimate of drug-likeness (QED) is 0.630. The van der Waals surface area contributed by atoms with Gasteiger partial charge in [-0.05, 0) is 35.4 Å². The van der Waals surface area contributed by atoms with Crippen LogP contribution in [0.15, 0.2) is 72.8 Å². The van der Waals surface area contributed by atoms with Crippen LogP contribution in [0.25, 0.3) is 11.1 Å². The maximum absolute atomic E-state index is 12.8. The van der Waals surface area contributed by atoms with E-state index < -0.39 is 0 Å². The Bertz CT molecular complexity index is 1100. The second-order valence-electron chi connectivity index (χ2n) is 7.23. The monoisotopic (exact) mass is 397 g/mol. The minimum Gasteiger partial charge on any atom is -0.348 e. The number of carbonyl (C=O) groups is 2. The lowest BCUT2D eigenvalue weighted by atomic mass is 9.95. The summed E-state index contributed by atoms with van der Waals surface area (Å²) >= 11 is 0. The molecule has 0 saturated carbocycles. The SMILES string of the molecule is CC(C)C(=O)Nc1ccc(CNC(=O)c2ccccc2-c2ccccc2C#N)cc1. The number of amides is 2. The molecule has 0 aliphatic carbocycles. The highest BCUT2D eigenvalue weighted by atomic mass is 16.2. The van der Waals surface area contributed by atoms with E-state index in [2.05, 4.69) is 16.7 Å². The summed E-state index contributed by atoms with van der Waals surface area (Å²) < 4.78 is 0. The van der Waals surface area contributed by atoms with Crippen LogP contribution in [0.1, 0.15) is 35.3 Å². The zero-order chi connectivity index (χ0) is 21.5. The molecule has 0 aliphatic heterocycles. The fourth-order valence-electron chi connectivity index (χ4n) is 3.00. The van der Waals surface area contributed by atoms with Crippen LogP contribution in [0.4, 0.5) is 5.69 Å². The molecule has 150 valence electrons. The lowest BCUT2D eigenvalue weighted by molar-refractivity contribution is -0.118. The standard InChI is InChI=1S/C25H23N3O2/c1-17(2)24(29)28-20-13-11-18(12-14-20)16-27-25(30)23-10-6-5-9-22(23)21-8-4-3-7-19(21)15-26/h3-14,17H,16H2,1-2H3,(H,27,30)(H,28,29). The van der Waals surface area contributed by atoms with Gasteiger partial charge in [0.15, 0.2) is 0 Å². The molecule has 3 aromatic carbocycles. The van der Waals surface area contributed by atoms with Crippen LogP contribution in [-0.2, 0) is 11.3 Å². The van der Waals surface area contributed by atoms with Gasteiger partial charge >= 0.3 is 0 Å². The number of nitrogens with zero attached hydrogens (tertiary/aromatic N) is 1. The van der Waals surface area contributed by atoms with Crippen molar-refractivity contribution in [2.75, 3.05) is 5.32 Å². The van der Waals surface area contributed by atoms with Crippen LogP contribution < -0.4 is 10.6 Å². The van der Waals surface area contributed by atoms with Crippen molar-refractivity contribution in [3.63, 3.8) is 0 Å². The number of anilines is 1. The van der Waals surface area contributed by atoms with Crippen molar-refractivity contribution in [1.29, 1.82) is 5.26 Å². The third kappa shape index (κ3) is 4.92. The highest BCUT2D eigenvalue weighted by molar-refractivity contribution is 6.01. The Balaban J connectivity index is 1.72. The van der Waals surface area contributed by atoms with E-state index in [1.807, 2.05) is 62.4 Å². The largest absolute Gasteiger partial charge is 0.348 e. The van der Waals surface area contributed by atoms with Gasteiger partial charge in [0.25, 0.3) is 5.91 Å². The molecule has 30 heavy (non-hydrogen) atoms. The van der Waals surface area contributed by atoms with E-state index in [4.69, 9.17) is 0 Å². The molecule has 0 unspecified atom stereocenters. The van der Waals surface area contributed by atoms with Gasteiger partial charge in [-0.2, -0.15) is 5.26 Å². The Morgan fingerprint density at radius 2 is 1.53 bits per heavy atom. The fraction of sp³-hybridized carbons (Fsp3) is 0.160. The predicted octanol–water partition coefficient (Wildman–Crippen LogP) is 4.75. The Labute approximate surface area is 176 Å². The van der Waals surface area contributed by atoms with E-state index in [1.54, 1.807) is 24.3 Å². The minimum absolute atomic E-state index is 0.0367. The maximum Gasteiger partial charge on any atom is 0.252 e. The minimum atomic E-state index is -0.212. The molecule has 3 rings (SSSR count). The average molecular weight is 397 g/mol. The number of carbonyl (C=O) groups excluding carboxylic acids is 2. The average Bonchev–Trinajstić information content (AvgIpc) is 2.78. The topological polar surface area (TPSA) is 82.0 Å². The van der Waals surface area contributed by atoms with Gasteiger partial charge in [-0.3, -0.25) is 9.59 Å². The van der Waals surface area contributed by atoms with Crippen LogP contribution >= 0.6 is 0 Å². The number of hydrogen-bond donors (Lipinski definition) is 2. The molecule has 0 spiro atoms. The first-order chi connectivity index (χ1) is 14.5. The van der Waals surface area contributed by atoms with E-state index in [0.29, 0.717) is 17.7 Å². The fourth-order valence-corrected chi connectivity index (χ4v) is 3.00. The molecule has 0 bridgehead atoms. The van der Waals surface area contributed by atoms with Gasteiger partial charge < -0.3 is 10.6 Å². The van der Waals surface area contributed by atoms with E-state index in [0.717, 1.165) is 22.4 Å². The van der Waals surface area contributed by atoms with Crippen LogP contribution in [-0.4, -0.2) is 11.8 Å². The number of benzene rings is 3. The molecule has 0 fully saturated rings. The molecule has 2 N–H and O–H groups in total. The van der Waals surface area contributed by atoms with Gasteiger partial charge in [0.2, 0.25) is 5.91 Å². The number of rotatable bonds is 6. The Morgan fingerprint density at radius 1 is 0.900 bits per heavy atom. The lowest BCUT2D eigenvalue weighted by Crippen LogP contribution is -2.23. The maximum atomic E-state index is 12.8. The van der Waals surface area contributed by atoms with Crippen LogP contribution in [0.5, 0.6) is 0 Å². The first-order valence-corrected chi connectivity index (χ1v) is 9.76. The van der Waals surface area contributed by atoms with Crippen LogP contribution in [0.3, 0.4) is 0 Å². The second-order valence-corrected chi connectivity index (χ2v) is 7.23. The van der Waals surface area contributed by atoms with Gasteiger partial charge in [0.05, 0.1) is 11.6 Å². The molecule has 0 heterocycles. The molecule has 3 aromatic rings. The molecule has 2 amide bonds. The molecule has 0 atom stereocenters. The summed E-state index contributed by atoms with van der Waals surface area (Å²) in [5, 5.41) is 15.2. The predicted molar refractivity (Wildman–Crippen MR) is 118 cm³/mol. The van der Waals surface area contributed by atoms with Crippen molar-refractivity contribution < 1.29 is 9.59 Å². The van der Waals surface area contributed by atoms with Crippen molar-refractivity contribution >= 4 is 17.5 Å². The van der Waals surface area contributed by atoms with Gasteiger partial charge in [-0.25, -0.2) is 0 Å². The number of nitrogens with one attached hydrogen (secondary N) is 2. The van der Waals surface area contributed by atoms with E-state index in [-0.39, 0.29) is 17.7 Å². The smallest absolute Gasteiger partial charge is 0.252 e. The van der Waals surface area contributed by atoms with Gasteiger partial charge in [-0.1, -0.05) is 62.4 Å². The van der Waals surface area contributed by atoms with Crippen LogP contribution in [0, 0.1) is 17.2 Å². The van der Waals surface area contributed by atoms with Crippen molar-refractivity contribution in [2.45, 2.75) is 20.4 Å². The summed E-state index contributed by atoms with van der Waals surface area (Å²) in [6.45, 7) is 4.03. The summed E-state index contributed by atoms with van der Waals surface area (Å²) in [5.41, 5.74) is 4.13. The molecule has 5 heteroatoms. The zero-order valence-corrected chi connectivity index (χ0v) is 17.0. The Hall–Kier alpha value is -3.91. The number of nitriles is 1. The Kier molecular flexibility index (Phi) is 6.61. The van der Waals surface area contributed by atoms with Gasteiger partial charge in [0.1, 0.15) is 0 Å². The lowest BCUT2D eigenvalue weighted by Gasteiger charge is -2.12. The molecule has 0 aliphatic rings. The highest BCUT2D eigenvalue weighted by Gasteiger charge is 2.14. The summed E-state index contributed by atoms with van der Waals surface area (Å²) in [6.07, 6.45) is 0. The molecule has 5 nitrogen and oxygen atoms in total. The molecule has 0 saturated heterocycles. The molecular formula is C25H23N3O2. The first kappa shape index (κ1) is 20.8. The van der Waals surface area contributed by atoms with Crippen molar-refractivity contribution in [1.82, 2.24) is 5.32 Å². The van der Waals surface area contributed by atoms with Gasteiger partial charge in [0, 0.05) is 29.3 Å². The first-order valence-electron chi connectivity index (χ1n) is 9.76. The van der Waals surface area contributed by atoms with Crippen LogP contribution in [0.2, 0.25) is 0 Å². The molecule has 0 radical (unpaired) electrons. The zero-order valence-electron chi connectivity index (χ0n) is 17.0. The summed E-state index contributed by atoms with van der Waals surface area (Å²) in [6, 6.07) is 24.0. The number of hydrogen-bond acceptors (Lipinski definition) is 3. The van der Waals surface area contributed by atoms with Gasteiger partial charge in [-0.15, -0.1) is 0 Å². The highest BCUT2D eigenvalue weighted by Crippen LogP contribution is 2.27. The van der Waals surface area contributed by atoms with Crippen molar-refractivity contribution in [3.05, 3.63) is 89.5 Å². The summed E-state index contributed by atoms with van der Waals surface area (Å²) in [4.78, 5) is 24.6. The van der Waals surface area contributed by atoms with Crippen molar-refractivity contribution in [3.8, 4) is 17.2 Å². The van der Waals surface area contributed by atoms with Crippen molar-refractivity contribution in [2.24, 2.45) is 5.92 Å². The molecule has 0 aromatic heterocycles. The van der Waals surface area contributed by atoms with E-state index in [9.17, 15) is 14.9 Å². The third-order valence-electron chi connectivity index (χ3n) is 4.71. The van der Waals surface area contributed by atoms with E-state index in [1.165, 1.54) is 0 Å². The third-order valence-corrected chi connectivity index (χ3v) is 4.71. The normalized spacial score (nSPS) is 10.3. The molecular weight excluding hydrogens is 374 g/mol. The second kappa shape index (κ2) is 9.53.